The zero-order valence-electron chi connectivity index (χ0n) is 11.1. The molecule has 2 heteroatoms. The van der Waals surface area contributed by atoms with E-state index in [-0.39, 0.29) is 13.5 Å². The van der Waals surface area contributed by atoms with Crippen LogP contribution in [0.25, 0.3) is 0 Å². The van der Waals surface area contributed by atoms with Crippen molar-refractivity contribution in [3.63, 3.8) is 0 Å². The second-order valence-electron chi connectivity index (χ2n) is 4.47. The van der Waals surface area contributed by atoms with Gasteiger partial charge in [-0.3, -0.25) is 0 Å². The number of hydrogen-bond donors (Lipinski definition) is 0. The molecule has 0 saturated carbocycles. The van der Waals surface area contributed by atoms with Gasteiger partial charge in [-0.2, -0.15) is 0 Å². The van der Waals surface area contributed by atoms with Gasteiger partial charge in [0, 0.05) is 0 Å². The summed E-state index contributed by atoms with van der Waals surface area (Å²) in [6.45, 7) is 0. The summed E-state index contributed by atoms with van der Waals surface area (Å²) in [5.74, 6) is 0. The quantitative estimate of drug-likeness (QED) is 0.379. The molecule has 0 N–H and O–H groups in total. The van der Waals surface area contributed by atoms with Crippen LogP contribution in [0.3, 0.4) is 0 Å². The number of rotatable bonds is 3. The standard InChI is InChI=1S/3C6H5.H2S.Sn/c3*1-2-4-6-5-3-1;;/h3*1-5H;1H2;/q;;;;+1/p-1. The molecule has 0 saturated heterocycles. The molecule has 0 bridgehead atoms. The van der Waals surface area contributed by atoms with E-state index in [1.807, 2.05) is 0 Å². The molecule has 0 aliphatic carbocycles. The second-order valence-corrected chi connectivity index (χ2v) is 11.6. The first-order valence-electron chi connectivity index (χ1n) is 6.48. The summed E-state index contributed by atoms with van der Waals surface area (Å²) in [6, 6.07) is 32.9. The van der Waals surface area contributed by atoms with E-state index in [0.29, 0.717) is 0 Å². The molecular formula is C18H16SSn. The van der Waals surface area contributed by atoms with E-state index in [9.17, 15) is 0 Å². The van der Waals surface area contributed by atoms with Crippen molar-refractivity contribution in [3.8, 4) is 0 Å². The Hall–Kier alpha value is -1.19. The Morgan fingerprint density at radius 1 is 0.400 bits per heavy atom. The van der Waals surface area contributed by atoms with Crippen molar-refractivity contribution in [1.82, 2.24) is 0 Å². The van der Waals surface area contributed by atoms with Gasteiger partial charge in [0.1, 0.15) is 0 Å². The summed E-state index contributed by atoms with van der Waals surface area (Å²) < 4.78 is 4.59. The van der Waals surface area contributed by atoms with Gasteiger partial charge in [-0.05, 0) is 0 Å². The van der Waals surface area contributed by atoms with Gasteiger partial charge in [-0.15, -0.1) is 0 Å². The van der Waals surface area contributed by atoms with E-state index in [2.05, 4.69) is 91.0 Å². The summed E-state index contributed by atoms with van der Waals surface area (Å²) in [7, 11) is 0. The van der Waals surface area contributed by atoms with Gasteiger partial charge >= 0.3 is 121 Å². The molecule has 3 rings (SSSR count). The Morgan fingerprint density at radius 3 is 0.900 bits per heavy atom. The van der Waals surface area contributed by atoms with Crippen LogP contribution in [-0.2, 0) is 13.5 Å². The van der Waals surface area contributed by atoms with Crippen molar-refractivity contribution in [2.45, 2.75) is 0 Å². The minimum atomic E-state index is -1.98. The van der Waals surface area contributed by atoms with Gasteiger partial charge in [0.15, 0.2) is 0 Å². The molecule has 3 aromatic rings. The van der Waals surface area contributed by atoms with Crippen LogP contribution in [0, 0.1) is 0 Å². The van der Waals surface area contributed by atoms with Gasteiger partial charge in [0.2, 0.25) is 0 Å². The van der Waals surface area contributed by atoms with E-state index in [4.69, 9.17) is 0 Å². The molecule has 0 radical (unpaired) electrons. The fourth-order valence-corrected chi connectivity index (χ4v) is 9.67. The van der Waals surface area contributed by atoms with Crippen molar-refractivity contribution >= 4 is 44.0 Å². The Labute approximate surface area is 134 Å². The molecule has 0 fully saturated rings. The van der Waals surface area contributed by atoms with Crippen LogP contribution in [0.5, 0.6) is 0 Å². The number of benzene rings is 3. The molecule has 0 amide bonds. The van der Waals surface area contributed by atoms with E-state index in [0.717, 1.165) is 0 Å². The molecule has 20 heavy (non-hydrogen) atoms. The zero-order chi connectivity index (χ0) is 12.9. The third-order valence-corrected chi connectivity index (χ3v) is 11.0. The summed E-state index contributed by atoms with van der Waals surface area (Å²) in [6.07, 6.45) is 0. The third-order valence-electron chi connectivity index (χ3n) is 3.19. The van der Waals surface area contributed by atoms with Crippen molar-refractivity contribution in [3.05, 3.63) is 91.0 Å². The van der Waals surface area contributed by atoms with Crippen molar-refractivity contribution in [2.24, 2.45) is 0 Å². The van der Waals surface area contributed by atoms with Gasteiger partial charge in [0.25, 0.3) is 0 Å². The SMILES string of the molecule is [SH-].c1cc[c]([Sn+]([c]2ccccc2)[c]2ccccc2)cc1. The van der Waals surface area contributed by atoms with Crippen LogP contribution in [0.4, 0.5) is 0 Å². The van der Waals surface area contributed by atoms with E-state index < -0.39 is 19.8 Å². The average molecular weight is 383 g/mol. The summed E-state index contributed by atoms with van der Waals surface area (Å²) in [5.41, 5.74) is 0. The van der Waals surface area contributed by atoms with Crippen molar-refractivity contribution < 1.29 is 0 Å². The second kappa shape index (κ2) is 7.55. The van der Waals surface area contributed by atoms with Gasteiger partial charge in [-0.1, -0.05) is 0 Å². The summed E-state index contributed by atoms with van der Waals surface area (Å²) in [5, 5.41) is 0. The predicted octanol–water partition coefficient (Wildman–Crippen LogP) is 1.93. The molecule has 0 spiro atoms. The predicted molar refractivity (Wildman–Crippen MR) is 92.7 cm³/mol. The number of thiol groups is 1. The first kappa shape index (κ1) is 15.2. The molecular weight excluding hydrogens is 367 g/mol. The Balaban J connectivity index is 0.00000147. The van der Waals surface area contributed by atoms with E-state index in [1.54, 1.807) is 0 Å². The van der Waals surface area contributed by atoms with E-state index >= 15 is 0 Å². The van der Waals surface area contributed by atoms with Crippen LogP contribution < -0.4 is 10.7 Å². The first-order valence-corrected chi connectivity index (χ1v) is 10.8. The monoisotopic (exact) mass is 384 g/mol. The van der Waals surface area contributed by atoms with Crippen LogP contribution in [0.2, 0.25) is 0 Å². The normalized spacial score (nSPS) is 9.60. The number of hydrogen-bond acceptors (Lipinski definition) is 1. The van der Waals surface area contributed by atoms with Crippen LogP contribution in [-0.4, -0.2) is 19.8 Å². The first-order chi connectivity index (χ1) is 9.45. The maximum absolute atomic E-state index is 2.29. The Kier molecular flexibility index (Phi) is 5.74. The molecule has 0 heterocycles. The Morgan fingerprint density at radius 2 is 0.650 bits per heavy atom. The fraction of sp³-hybridized carbons (Fsp3) is 0. The van der Waals surface area contributed by atoms with Crippen LogP contribution in [0.1, 0.15) is 0 Å². The summed E-state index contributed by atoms with van der Waals surface area (Å²) >= 11 is -1.98. The molecule has 3 aromatic carbocycles. The Bertz CT molecular complexity index is 529. The van der Waals surface area contributed by atoms with Gasteiger partial charge < -0.3 is 13.5 Å². The summed E-state index contributed by atoms with van der Waals surface area (Å²) in [4.78, 5) is 0. The topological polar surface area (TPSA) is 0 Å². The molecule has 0 aromatic heterocycles. The van der Waals surface area contributed by atoms with E-state index in [1.165, 1.54) is 10.7 Å². The molecule has 0 aliphatic rings. The molecule has 0 unspecified atom stereocenters. The maximum atomic E-state index is 2.29. The molecule has 0 nitrogen and oxygen atoms in total. The molecule has 0 atom stereocenters. The van der Waals surface area contributed by atoms with Crippen LogP contribution in [0.15, 0.2) is 91.0 Å². The molecule has 98 valence electrons. The zero-order valence-corrected chi connectivity index (χ0v) is 14.9. The van der Waals surface area contributed by atoms with Gasteiger partial charge in [-0.25, -0.2) is 0 Å². The van der Waals surface area contributed by atoms with Crippen LogP contribution >= 0.6 is 0 Å². The molecule has 0 aliphatic heterocycles. The fourth-order valence-electron chi connectivity index (χ4n) is 2.31. The third kappa shape index (κ3) is 3.47. The van der Waals surface area contributed by atoms with Crippen molar-refractivity contribution in [2.75, 3.05) is 0 Å². The van der Waals surface area contributed by atoms with Gasteiger partial charge in [0.05, 0.1) is 0 Å². The van der Waals surface area contributed by atoms with Crippen molar-refractivity contribution in [1.29, 1.82) is 0 Å². The average Bonchev–Trinajstić information content (AvgIpc) is 2.51. The minimum absolute atomic E-state index is 0.